The second kappa shape index (κ2) is 5.13. The zero-order valence-electron chi connectivity index (χ0n) is 7.42. The molecule has 0 aromatic carbocycles. The van der Waals surface area contributed by atoms with E-state index >= 15 is 0 Å². The van der Waals surface area contributed by atoms with Crippen molar-refractivity contribution in [3.05, 3.63) is 0 Å². The van der Waals surface area contributed by atoms with Gasteiger partial charge < -0.3 is 10.4 Å². The van der Waals surface area contributed by atoms with Gasteiger partial charge in [-0.2, -0.15) is 0 Å². The van der Waals surface area contributed by atoms with Crippen LogP contribution >= 0.6 is 0 Å². The maximum atomic E-state index is 10.8. The Kier molecular flexibility index (Phi) is 4.86. The molecule has 3 heteroatoms. The van der Waals surface area contributed by atoms with E-state index in [4.69, 9.17) is 5.11 Å². The molecule has 0 fully saturated rings. The van der Waals surface area contributed by atoms with Crippen LogP contribution in [0.4, 0.5) is 0 Å². The third-order valence-electron chi connectivity index (χ3n) is 1.42. The summed E-state index contributed by atoms with van der Waals surface area (Å²) >= 11 is 0. The molecule has 0 spiro atoms. The van der Waals surface area contributed by atoms with Gasteiger partial charge in [0.05, 0.1) is 6.10 Å². The highest BCUT2D eigenvalue weighted by atomic mass is 16.3. The minimum atomic E-state index is -0.345. The number of rotatable bonds is 4. The lowest BCUT2D eigenvalue weighted by Gasteiger charge is -2.14. The first kappa shape index (κ1) is 10.4. The van der Waals surface area contributed by atoms with E-state index in [1.807, 2.05) is 13.8 Å². The van der Waals surface area contributed by atoms with Gasteiger partial charge in [0.2, 0.25) is 5.91 Å². The molecule has 0 aliphatic carbocycles. The minimum absolute atomic E-state index is 0.0400. The van der Waals surface area contributed by atoms with Crippen molar-refractivity contribution in [2.24, 2.45) is 0 Å². The molecule has 0 aromatic heterocycles. The van der Waals surface area contributed by atoms with Crippen molar-refractivity contribution in [3.63, 3.8) is 0 Å². The molecular weight excluding hydrogens is 142 g/mol. The second-order valence-electron chi connectivity index (χ2n) is 2.91. The number of hydrogen-bond donors (Lipinski definition) is 2. The van der Waals surface area contributed by atoms with Gasteiger partial charge in [-0.15, -0.1) is 0 Å². The van der Waals surface area contributed by atoms with E-state index in [0.29, 0.717) is 12.8 Å². The number of nitrogens with one attached hydrogen (secondary N) is 1. The highest BCUT2D eigenvalue weighted by molar-refractivity contribution is 5.75. The summed E-state index contributed by atoms with van der Waals surface area (Å²) in [7, 11) is 0. The number of aliphatic hydroxyl groups excluding tert-OH is 1. The average Bonchev–Trinajstić information content (AvgIpc) is 1.85. The van der Waals surface area contributed by atoms with Crippen molar-refractivity contribution < 1.29 is 9.90 Å². The Morgan fingerprint density at radius 2 is 2.09 bits per heavy atom. The zero-order chi connectivity index (χ0) is 8.85. The maximum absolute atomic E-state index is 10.8. The summed E-state index contributed by atoms with van der Waals surface area (Å²) in [6.45, 7) is 5.42. The first-order valence-electron chi connectivity index (χ1n) is 4.03. The van der Waals surface area contributed by atoms with Crippen LogP contribution in [-0.2, 0) is 4.79 Å². The van der Waals surface area contributed by atoms with Gasteiger partial charge in [-0.3, -0.25) is 4.79 Å². The van der Waals surface area contributed by atoms with Crippen LogP contribution in [0.25, 0.3) is 0 Å². The van der Waals surface area contributed by atoms with E-state index in [2.05, 4.69) is 5.32 Å². The van der Waals surface area contributed by atoms with Gasteiger partial charge in [0.1, 0.15) is 0 Å². The molecule has 11 heavy (non-hydrogen) atoms. The first-order valence-corrected chi connectivity index (χ1v) is 4.03. The SMILES string of the molecule is CCC(=O)NC(C)CC(C)O. The molecule has 0 saturated heterocycles. The smallest absolute Gasteiger partial charge is 0.219 e. The van der Waals surface area contributed by atoms with Crippen molar-refractivity contribution in [2.75, 3.05) is 0 Å². The predicted molar refractivity (Wildman–Crippen MR) is 44.2 cm³/mol. The molecule has 2 N–H and O–H groups in total. The van der Waals surface area contributed by atoms with Gasteiger partial charge in [0.15, 0.2) is 0 Å². The van der Waals surface area contributed by atoms with E-state index in [0.717, 1.165) is 0 Å². The third kappa shape index (κ3) is 5.85. The largest absolute Gasteiger partial charge is 0.393 e. The summed E-state index contributed by atoms with van der Waals surface area (Å²) < 4.78 is 0. The monoisotopic (exact) mass is 159 g/mol. The summed E-state index contributed by atoms with van der Waals surface area (Å²) in [5, 5.41) is 11.7. The van der Waals surface area contributed by atoms with Gasteiger partial charge in [-0.05, 0) is 20.3 Å². The van der Waals surface area contributed by atoms with Crippen LogP contribution in [0, 0.1) is 0 Å². The molecule has 0 bridgehead atoms. The van der Waals surface area contributed by atoms with Crippen molar-refractivity contribution in [1.82, 2.24) is 5.32 Å². The maximum Gasteiger partial charge on any atom is 0.219 e. The molecule has 0 saturated carbocycles. The van der Waals surface area contributed by atoms with Crippen LogP contribution in [0.3, 0.4) is 0 Å². The number of hydrogen-bond acceptors (Lipinski definition) is 2. The molecule has 3 nitrogen and oxygen atoms in total. The molecule has 2 atom stereocenters. The Bertz CT molecular complexity index is 123. The molecule has 0 aliphatic rings. The van der Waals surface area contributed by atoms with E-state index < -0.39 is 0 Å². The Morgan fingerprint density at radius 3 is 2.45 bits per heavy atom. The number of amides is 1. The van der Waals surface area contributed by atoms with Gasteiger partial charge in [-0.1, -0.05) is 6.92 Å². The standard InChI is InChI=1S/C8H17NO2/c1-4-8(11)9-6(2)5-7(3)10/h6-7,10H,4-5H2,1-3H3,(H,9,11). The summed E-state index contributed by atoms with van der Waals surface area (Å²) in [6, 6.07) is 0.0717. The van der Waals surface area contributed by atoms with Crippen LogP contribution in [0.5, 0.6) is 0 Å². The normalized spacial score (nSPS) is 15.6. The van der Waals surface area contributed by atoms with Crippen molar-refractivity contribution >= 4 is 5.91 Å². The van der Waals surface area contributed by atoms with E-state index in [1.54, 1.807) is 6.92 Å². The average molecular weight is 159 g/mol. The van der Waals surface area contributed by atoms with Crippen LogP contribution < -0.4 is 5.32 Å². The quantitative estimate of drug-likeness (QED) is 0.633. The van der Waals surface area contributed by atoms with Gasteiger partial charge in [-0.25, -0.2) is 0 Å². The molecule has 1 amide bonds. The van der Waals surface area contributed by atoms with Crippen molar-refractivity contribution in [1.29, 1.82) is 0 Å². The third-order valence-corrected chi connectivity index (χ3v) is 1.42. The fourth-order valence-electron chi connectivity index (χ4n) is 0.947. The Labute approximate surface area is 67.8 Å². The molecule has 0 radical (unpaired) electrons. The summed E-state index contributed by atoms with van der Waals surface area (Å²) in [6.07, 6.45) is 0.776. The van der Waals surface area contributed by atoms with Crippen LogP contribution in [0.15, 0.2) is 0 Å². The lowest BCUT2D eigenvalue weighted by molar-refractivity contribution is -0.121. The fourth-order valence-corrected chi connectivity index (χ4v) is 0.947. The molecule has 66 valence electrons. The first-order chi connectivity index (χ1) is 5.06. The lowest BCUT2D eigenvalue weighted by Crippen LogP contribution is -2.34. The Balaban J connectivity index is 3.51. The molecule has 0 aromatic rings. The predicted octanol–water partition coefficient (Wildman–Crippen LogP) is 0.672. The number of carbonyl (C=O) groups is 1. The second-order valence-corrected chi connectivity index (χ2v) is 2.91. The van der Waals surface area contributed by atoms with Gasteiger partial charge in [0, 0.05) is 12.5 Å². The molecule has 0 heterocycles. The van der Waals surface area contributed by atoms with E-state index in [9.17, 15) is 4.79 Å². The van der Waals surface area contributed by atoms with Crippen LogP contribution in [0.2, 0.25) is 0 Å². The van der Waals surface area contributed by atoms with Gasteiger partial charge in [0.25, 0.3) is 0 Å². The van der Waals surface area contributed by atoms with Crippen molar-refractivity contribution in [2.45, 2.75) is 45.8 Å². The van der Waals surface area contributed by atoms with E-state index in [-0.39, 0.29) is 18.1 Å². The molecular formula is C8H17NO2. The summed E-state index contributed by atoms with van der Waals surface area (Å²) in [4.78, 5) is 10.8. The van der Waals surface area contributed by atoms with Crippen LogP contribution in [-0.4, -0.2) is 23.2 Å². The Morgan fingerprint density at radius 1 is 1.55 bits per heavy atom. The fraction of sp³-hybridized carbons (Fsp3) is 0.875. The minimum Gasteiger partial charge on any atom is -0.393 e. The molecule has 0 rings (SSSR count). The topological polar surface area (TPSA) is 49.3 Å². The summed E-state index contributed by atoms with van der Waals surface area (Å²) in [5.41, 5.74) is 0. The zero-order valence-corrected chi connectivity index (χ0v) is 7.42. The van der Waals surface area contributed by atoms with Crippen LogP contribution in [0.1, 0.15) is 33.6 Å². The number of aliphatic hydroxyl groups is 1. The molecule has 2 unspecified atom stereocenters. The van der Waals surface area contributed by atoms with E-state index in [1.165, 1.54) is 0 Å². The highest BCUT2D eigenvalue weighted by Gasteiger charge is 2.07. The highest BCUT2D eigenvalue weighted by Crippen LogP contribution is 1.96. The van der Waals surface area contributed by atoms with Crippen molar-refractivity contribution in [3.8, 4) is 0 Å². The summed E-state index contributed by atoms with van der Waals surface area (Å²) in [5.74, 6) is 0.0400. The lowest BCUT2D eigenvalue weighted by atomic mass is 10.1. The molecule has 0 aliphatic heterocycles. The number of carbonyl (C=O) groups excluding carboxylic acids is 1. The van der Waals surface area contributed by atoms with Gasteiger partial charge >= 0.3 is 0 Å². The Hall–Kier alpha value is -0.570.